The fourth-order valence-corrected chi connectivity index (χ4v) is 6.11. The van der Waals surface area contributed by atoms with Crippen LogP contribution in [0, 0.1) is 5.82 Å². The van der Waals surface area contributed by atoms with Crippen LogP contribution in [-0.2, 0) is 33.8 Å². The molecular formula is C43H52FN3O6. The highest BCUT2D eigenvalue weighted by Gasteiger charge is 2.17. The zero-order valence-corrected chi connectivity index (χ0v) is 31.1. The van der Waals surface area contributed by atoms with Gasteiger partial charge in [-0.2, -0.15) is 0 Å². The number of aromatic hydroxyl groups is 1. The largest absolute Gasteiger partial charge is 0.508 e. The van der Waals surface area contributed by atoms with Crippen LogP contribution in [0.25, 0.3) is 0 Å². The summed E-state index contributed by atoms with van der Waals surface area (Å²) >= 11 is 0. The number of amides is 2. The number of unbranched alkanes of at least 4 members (excludes halogenated alkanes) is 1. The number of morpholine rings is 1. The quantitative estimate of drug-likeness (QED) is 0.0947. The van der Waals surface area contributed by atoms with E-state index in [9.17, 15) is 23.9 Å². The van der Waals surface area contributed by atoms with Gasteiger partial charge in [-0.05, 0) is 85.3 Å². The number of rotatable bonds is 16. The summed E-state index contributed by atoms with van der Waals surface area (Å²) in [5, 5.41) is 9.33. The van der Waals surface area contributed by atoms with Gasteiger partial charge in [0.15, 0.2) is 5.78 Å². The monoisotopic (exact) mass is 725 g/mol. The van der Waals surface area contributed by atoms with E-state index in [1.165, 1.54) is 41.1 Å². The average molecular weight is 726 g/mol. The minimum atomic E-state index is -0.371. The molecule has 1 aliphatic heterocycles. The lowest BCUT2D eigenvalue weighted by Crippen LogP contribution is -2.37. The number of nitrogens with zero attached hydrogens (tertiary/aromatic N) is 3. The molecule has 5 rings (SSSR count). The fraction of sp³-hybridized carbons (Fsp3) is 0.372. The zero-order chi connectivity index (χ0) is 38.0. The number of hydrogen-bond donors (Lipinski definition) is 1. The van der Waals surface area contributed by atoms with Gasteiger partial charge in [0.2, 0.25) is 11.8 Å². The molecule has 1 saturated heterocycles. The van der Waals surface area contributed by atoms with Crippen molar-refractivity contribution in [1.82, 2.24) is 9.80 Å². The Balaban J connectivity index is 0.000000238. The molecule has 9 nitrogen and oxygen atoms in total. The van der Waals surface area contributed by atoms with Crippen molar-refractivity contribution in [1.29, 1.82) is 0 Å². The van der Waals surface area contributed by atoms with Gasteiger partial charge in [0.05, 0.1) is 20.3 Å². The van der Waals surface area contributed by atoms with Crippen molar-refractivity contribution < 1.29 is 33.4 Å². The molecule has 1 fully saturated rings. The zero-order valence-electron chi connectivity index (χ0n) is 31.1. The normalized spacial score (nSPS) is 12.3. The lowest BCUT2D eigenvalue weighted by molar-refractivity contribution is -0.131. The highest BCUT2D eigenvalue weighted by Crippen LogP contribution is 2.23. The first-order valence-corrected chi connectivity index (χ1v) is 18.2. The number of ketones is 1. The van der Waals surface area contributed by atoms with Crippen LogP contribution in [0.4, 0.5) is 10.1 Å². The number of carbonyl (C=O) groups is 3. The van der Waals surface area contributed by atoms with Crippen LogP contribution in [0.3, 0.4) is 0 Å². The van der Waals surface area contributed by atoms with Crippen LogP contribution in [0.2, 0.25) is 0 Å². The van der Waals surface area contributed by atoms with Crippen LogP contribution < -0.4 is 9.64 Å². The van der Waals surface area contributed by atoms with Crippen LogP contribution in [-0.4, -0.2) is 80.0 Å². The van der Waals surface area contributed by atoms with Gasteiger partial charge in [-0.3, -0.25) is 14.4 Å². The van der Waals surface area contributed by atoms with E-state index < -0.39 is 0 Å². The number of aryl methyl sites for hydroxylation is 1. The number of para-hydroxylation sites is 2. The number of phenolic OH excluding ortho intramolecular Hbond substituents is 1. The van der Waals surface area contributed by atoms with Crippen molar-refractivity contribution >= 4 is 23.3 Å². The number of ether oxygens (including phenoxy) is 2. The molecule has 0 aliphatic carbocycles. The molecule has 2 amide bonds. The Bertz CT molecular complexity index is 1740. The van der Waals surface area contributed by atoms with Gasteiger partial charge in [-0.15, -0.1) is 0 Å². The molecule has 0 radical (unpaired) electrons. The van der Waals surface area contributed by atoms with Gasteiger partial charge >= 0.3 is 0 Å². The average Bonchev–Trinajstić information content (AvgIpc) is 3.18. The minimum absolute atomic E-state index is 0.0298. The van der Waals surface area contributed by atoms with Crippen LogP contribution >= 0.6 is 0 Å². The molecule has 0 bridgehead atoms. The van der Waals surface area contributed by atoms with Crippen molar-refractivity contribution in [3.05, 3.63) is 125 Å². The Morgan fingerprint density at radius 3 is 1.98 bits per heavy atom. The summed E-state index contributed by atoms with van der Waals surface area (Å²) in [6, 6.07) is 28.6. The third-order valence-electron chi connectivity index (χ3n) is 9.21. The Hall–Kier alpha value is -5.22. The van der Waals surface area contributed by atoms with Gasteiger partial charge in [0.25, 0.3) is 0 Å². The summed E-state index contributed by atoms with van der Waals surface area (Å²) in [6.45, 7) is 4.38. The van der Waals surface area contributed by atoms with E-state index in [1.807, 2.05) is 54.4 Å². The second-order valence-corrected chi connectivity index (χ2v) is 13.2. The summed E-state index contributed by atoms with van der Waals surface area (Å²) in [5.74, 6) is 0.733. The van der Waals surface area contributed by atoms with Gasteiger partial charge in [-0.1, -0.05) is 48.5 Å². The Labute approximate surface area is 312 Å². The molecule has 4 aromatic carbocycles. The van der Waals surface area contributed by atoms with E-state index in [0.29, 0.717) is 37.9 Å². The number of methoxy groups -OCH3 is 1. The van der Waals surface area contributed by atoms with Crippen molar-refractivity contribution in [3.63, 3.8) is 0 Å². The van der Waals surface area contributed by atoms with Gasteiger partial charge in [0, 0.05) is 76.4 Å². The van der Waals surface area contributed by atoms with Crippen LogP contribution in [0.15, 0.2) is 97.1 Å². The topological polar surface area (TPSA) is 99.6 Å². The lowest BCUT2D eigenvalue weighted by Gasteiger charge is -2.31. The number of halogens is 1. The second-order valence-electron chi connectivity index (χ2n) is 13.2. The maximum absolute atomic E-state index is 12.9. The maximum Gasteiger partial charge on any atom is 0.222 e. The van der Waals surface area contributed by atoms with E-state index in [-0.39, 0.29) is 35.6 Å². The molecular weight excluding hydrogens is 673 g/mol. The summed E-state index contributed by atoms with van der Waals surface area (Å²) in [4.78, 5) is 42.6. The second kappa shape index (κ2) is 21.3. The fourth-order valence-electron chi connectivity index (χ4n) is 6.11. The molecule has 0 unspecified atom stereocenters. The number of hydrogen-bond acceptors (Lipinski definition) is 7. The first-order chi connectivity index (χ1) is 25.6. The van der Waals surface area contributed by atoms with Gasteiger partial charge in [-0.25, -0.2) is 4.39 Å². The molecule has 1 N–H and O–H groups in total. The Kier molecular flexibility index (Phi) is 16.3. The molecule has 282 valence electrons. The number of anilines is 1. The van der Waals surface area contributed by atoms with Gasteiger partial charge < -0.3 is 29.3 Å². The smallest absolute Gasteiger partial charge is 0.222 e. The number of benzene rings is 4. The summed E-state index contributed by atoms with van der Waals surface area (Å²) < 4.78 is 23.6. The molecule has 1 aliphatic rings. The van der Waals surface area contributed by atoms with Crippen molar-refractivity contribution in [3.8, 4) is 11.5 Å². The van der Waals surface area contributed by atoms with E-state index in [2.05, 4.69) is 23.1 Å². The molecule has 0 atom stereocenters. The van der Waals surface area contributed by atoms with E-state index in [0.717, 1.165) is 56.9 Å². The summed E-state index contributed by atoms with van der Waals surface area (Å²) in [7, 11) is 5.22. The van der Waals surface area contributed by atoms with E-state index in [1.54, 1.807) is 31.2 Å². The first-order valence-electron chi connectivity index (χ1n) is 18.2. The molecule has 53 heavy (non-hydrogen) atoms. The highest BCUT2D eigenvalue weighted by molar-refractivity contribution is 5.96. The van der Waals surface area contributed by atoms with Crippen LogP contribution in [0.1, 0.15) is 65.6 Å². The molecule has 0 spiro atoms. The van der Waals surface area contributed by atoms with Crippen molar-refractivity contribution in [2.24, 2.45) is 0 Å². The molecule has 4 aromatic rings. The first kappa shape index (κ1) is 40.5. The van der Waals surface area contributed by atoms with Crippen molar-refractivity contribution in [2.45, 2.75) is 58.0 Å². The molecule has 1 heterocycles. The molecule has 0 saturated carbocycles. The van der Waals surface area contributed by atoms with Crippen LogP contribution in [0.5, 0.6) is 11.5 Å². The molecule has 0 aromatic heterocycles. The Morgan fingerprint density at radius 2 is 1.32 bits per heavy atom. The summed E-state index contributed by atoms with van der Waals surface area (Å²) in [6.07, 6.45) is 4.35. The Morgan fingerprint density at radius 1 is 0.736 bits per heavy atom. The standard InChI is InChI=1S/C23H30N2O3.C20H22FNO3/c1-24(23(27)9-5-2-6-19-10-12-21(26)13-11-19)18-20-7-3-4-8-22(20)25-14-16-28-17-15-25;1-22(14-16-6-3-4-8-19(16)25-2)20(24)9-5-7-18(23)15-10-12-17(21)13-11-15/h3-4,7-8,10-13,26H,2,5-6,9,14-18H2,1H3;3-4,6,8,10-13H,5,7,9,14H2,1-2H3. The number of Topliss-reactive ketones (excluding diaryl/α,β-unsaturated/α-hetero) is 1. The predicted octanol–water partition coefficient (Wildman–Crippen LogP) is 7.45. The SMILES string of the molecule is CN(Cc1ccccc1N1CCOCC1)C(=O)CCCCc1ccc(O)cc1.COc1ccccc1CN(C)C(=O)CCCC(=O)c1ccc(F)cc1. The molecule has 10 heteroatoms. The van der Waals surface area contributed by atoms with Gasteiger partial charge in [0.1, 0.15) is 17.3 Å². The maximum atomic E-state index is 12.9. The van der Waals surface area contributed by atoms with E-state index in [4.69, 9.17) is 9.47 Å². The number of carbonyl (C=O) groups excluding carboxylic acids is 3. The number of phenols is 1. The third kappa shape index (κ3) is 13.4. The van der Waals surface area contributed by atoms with E-state index >= 15 is 0 Å². The predicted molar refractivity (Wildman–Crippen MR) is 206 cm³/mol. The minimum Gasteiger partial charge on any atom is -0.508 e. The lowest BCUT2D eigenvalue weighted by atomic mass is 10.1. The summed E-state index contributed by atoms with van der Waals surface area (Å²) in [5.41, 5.74) is 4.99. The third-order valence-corrected chi connectivity index (χ3v) is 9.21. The highest BCUT2D eigenvalue weighted by atomic mass is 19.1. The van der Waals surface area contributed by atoms with Crippen molar-refractivity contribution in [2.75, 3.05) is 52.4 Å².